The molecule has 0 aliphatic heterocycles. The highest BCUT2D eigenvalue weighted by Crippen LogP contribution is 2.16. The van der Waals surface area contributed by atoms with Crippen LogP contribution in [0.25, 0.3) is 0 Å². The summed E-state index contributed by atoms with van der Waals surface area (Å²) in [5.41, 5.74) is 2.12. The Morgan fingerprint density at radius 1 is 1.24 bits per heavy atom. The quantitative estimate of drug-likeness (QED) is 0.848. The minimum atomic E-state index is -0.511. The summed E-state index contributed by atoms with van der Waals surface area (Å²) in [6.45, 7) is 8.03. The molecule has 1 heterocycles. The number of likely N-dealkylation sites (N-methyl/N-ethyl adjacent to an activating group) is 1. The van der Waals surface area contributed by atoms with Gasteiger partial charge in [-0.25, -0.2) is 0 Å². The van der Waals surface area contributed by atoms with Crippen LogP contribution in [-0.2, 0) is 13.0 Å². The number of hydrogen-bond donors (Lipinski definition) is 1. The van der Waals surface area contributed by atoms with Gasteiger partial charge in [0, 0.05) is 13.0 Å². The first kappa shape index (κ1) is 15.7. The van der Waals surface area contributed by atoms with Crippen molar-refractivity contribution in [2.75, 3.05) is 13.1 Å². The number of aromatic nitrogens is 2. The molecule has 2 rings (SSSR count). The Morgan fingerprint density at radius 3 is 2.52 bits per heavy atom. The summed E-state index contributed by atoms with van der Waals surface area (Å²) in [7, 11) is 0. The molecule has 1 aromatic heterocycles. The minimum absolute atomic E-state index is 0.511. The van der Waals surface area contributed by atoms with Crippen molar-refractivity contribution in [3.63, 3.8) is 0 Å². The van der Waals surface area contributed by atoms with Crippen LogP contribution in [0.15, 0.2) is 28.8 Å². The molecule has 1 atom stereocenters. The molecule has 0 radical (unpaired) electrons. The van der Waals surface area contributed by atoms with Crippen LogP contribution in [0.2, 0.25) is 0 Å². The summed E-state index contributed by atoms with van der Waals surface area (Å²) in [5.74, 6) is 1.32. The van der Waals surface area contributed by atoms with Gasteiger partial charge in [-0.1, -0.05) is 48.8 Å². The van der Waals surface area contributed by atoms with E-state index in [9.17, 15) is 5.11 Å². The highest BCUT2D eigenvalue weighted by molar-refractivity contribution is 5.23. The lowest BCUT2D eigenvalue weighted by molar-refractivity contribution is 0.110. The summed E-state index contributed by atoms with van der Waals surface area (Å²) in [4.78, 5) is 6.41. The fourth-order valence-electron chi connectivity index (χ4n) is 2.14. The van der Waals surface area contributed by atoms with Gasteiger partial charge in [0.25, 0.3) is 0 Å². The normalized spacial score (nSPS) is 12.8. The minimum Gasteiger partial charge on any atom is -0.387 e. The number of hydrogen-bond acceptors (Lipinski definition) is 5. The van der Waals surface area contributed by atoms with E-state index >= 15 is 0 Å². The van der Waals surface area contributed by atoms with Gasteiger partial charge in [0.05, 0.1) is 12.6 Å². The maximum atomic E-state index is 10.3. The molecule has 0 amide bonds. The van der Waals surface area contributed by atoms with Crippen molar-refractivity contribution in [3.8, 4) is 0 Å². The summed E-state index contributed by atoms with van der Waals surface area (Å²) < 4.78 is 5.11. The third-order valence-electron chi connectivity index (χ3n) is 3.52. The molecule has 2 aromatic rings. The van der Waals surface area contributed by atoms with E-state index in [1.165, 1.54) is 5.56 Å². The Balaban J connectivity index is 1.96. The van der Waals surface area contributed by atoms with Crippen molar-refractivity contribution in [3.05, 3.63) is 47.1 Å². The Bertz CT molecular complexity index is 551. The highest BCUT2D eigenvalue weighted by Gasteiger charge is 2.15. The van der Waals surface area contributed by atoms with Crippen molar-refractivity contribution in [2.45, 2.75) is 39.8 Å². The lowest BCUT2D eigenvalue weighted by atomic mass is 10.1. The lowest BCUT2D eigenvalue weighted by Gasteiger charge is -2.22. The van der Waals surface area contributed by atoms with E-state index in [0.29, 0.717) is 24.8 Å². The molecule has 0 saturated carbocycles. The van der Waals surface area contributed by atoms with E-state index in [1.54, 1.807) is 0 Å². The second-order valence-electron chi connectivity index (χ2n) is 5.21. The molecule has 5 nitrogen and oxygen atoms in total. The van der Waals surface area contributed by atoms with E-state index in [-0.39, 0.29) is 0 Å². The molecule has 1 unspecified atom stereocenters. The molecule has 114 valence electrons. The van der Waals surface area contributed by atoms with Gasteiger partial charge in [0.15, 0.2) is 5.82 Å². The molecule has 0 fully saturated rings. The maximum Gasteiger partial charge on any atom is 0.226 e. The van der Waals surface area contributed by atoms with E-state index in [4.69, 9.17) is 4.52 Å². The summed E-state index contributed by atoms with van der Waals surface area (Å²) in [5, 5.41) is 14.3. The van der Waals surface area contributed by atoms with Gasteiger partial charge >= 0.3 is 0 Å². The zero-order valence-electron chi connectivity index (χ0n) is 12.9. The average molecular weight is 289 g/mol. The van der Waals surface area contributed by atoms with Gasteiger partial charge in [-0.05, 0) is 19.0 Å². The van der Waals surface area contributed by atoms with E-state index in [1.807, 2.05) is 38.1 Å². The van der Waals surface area contributed by atoms with Crippen LogP contribution in [0.5, 0.6) is 0 Å². The second kappa shape index (κ2) is 7.33. The Hall–Kier alpha value is -1.72. The molecule has 21 heavy (non-hydrogen) atoms. The number of benzene rings is 1. The standard InChI is InChI=1S/C16H23N3O2/c1-4-16-17-15(18-21-16)11-19(5-2)10-14(20)13-8-6-12(3)7-9-13/h6-9,14,20H,4-5,10-11H2,1-3H3. The van der Waals surface area contributed by atoms with Crippen LogP contribution < -0.4 is 0 Å². The Morgan fingerprint density at radius 2 is 1.95 bits per heavy atom. The van der Waals surface area contributed by atoms with Crippen molar-refractivity contribution in [1.29, 1.82) is 0 Å². The van der Waals surface area contributed by atoms with Crippen molar-refractivity contribution >= 4 is 0 Å². The molecular weight excluding hydrogens is 266 g/mol. The molecule has 5 heteroatoms. The maximum absolute atomic E-state index is 10.3. The monoisotopic (exact) mass is 289 g/mol. The zero-order chi connectivity index (χ0) is 15.2. The van der Waals surface area contributed by atoms with Gasteiger partial charge in [-0.2, -0.15) is 4.98 Å². The number of nitrogens with zero attached hydrogens (tertiary/aromatic N) is 3. The van der Waals surface area contributed by atoms with E-state index in [2.05, 4.69) is 22.0 Å². The molecule has 1 N–H and O–H groups in total. The Kier molecular flexibility index (Phi) is 5.47. The van der Waals surface area contributed by atoms with Crippen molar-refractivity contribution < 1.29 is 9.63 Å². The number of aryl methyl sites for hydroxylation is 2. The van der Waals surface area contributed by atoms with Crippen LogP contribution in [-0.4, -0.2) is 33.2 Å². The fraction of sp³-hybridized carbons (Fsp3) is 0.500. The first-order valence-electron chi connectivity index (χ1n) is 7.40. The van der Waals surface area contributed by atoms with E-state index < -0.39 is 6.10 Å². The van der Waals surface area contributed by atoms with Crippen molar-refractivity contribution in [1.82, 2.24) is 15.0 Å². The van der Waals surface area contributed by atoms with Crippen LogP contribution in [0.3, 0.4) is 0 Å². The molecular formula is C16H23N3O2. The van der Waals surface area contributed by atoms with Gasteiger partial charge in [0.2, 0.25) is 5.89 Å². The van der Waals surface area contributed by atoms with Gasteiger partial charge in [0.1, 0.15) is 0 Å². The predicted octanol–water partition coefficient (Wildman–Crippen LogP) is 2.50. The molecule has 0 aliphatic rings. The number of aliphatic hydroxyl groups is 1. The molecule has 0 saturated heterocycles. The average Bonchev–Trinajstić information content (AvgIpc) is 2.94. The largest absolute Gasteiger partial charge is 0.387 e. The van der Waals surface area contributed by atoms with Crippen LogP contribution >= 0.6 is 0 Å². The summed E-state index contributed by atoms with van der Waals surface area (Å²) in [6.07, 6.45) is 0.230. The van der Waals surface area contributed by atoms with Crippen LogP contribution in [0.4, 0.5) is 0 Å². The SMILES string of the molecule is CCc1nc(CN(CC)CC(O)c2ccc(C)cc2)no1. The topological polar surface area (TPSA) is 62.4 Å². The van der Waals surface area contributed by atoms with Crippen LogP contribution in [0.1, 0.15) is 42.8 Å². The van der Waals surface area contributed by atoms with E-state index in [0.717, 1.165) is 18.5 Å². The molecule has 0 spiro atoms. The highest BCUT2D eigenvalue weighted by atomic mass is 16.5. The smallest absolute Gasteiger partial charge is 0.226 e. The van der Waals surface area contributed by atoms with Crippen molar-refractivity contribution in [2.24, 2.45) is 0 Å². The Labute approximate surface area is 125 Å². The zero-order valence-corrected chi connectivity index (χ0v) is 12.9. The molecule has 0 bridgehead atoms. The fourth-order valence-corrected chi connectivity index (χ4v) is 2.14. The van der Waals surface area contributed by atoms with Gasteiger partial charge < -0.3 is 9.63 Å². The predicted molar refractivity (Wildman–Crippen MR) is 80.8 cm³/mol. The van der Waals surface area contributed by atoms with Gasteiger partial charge in [-0.3, -0.25) is 4.90 Å². The first-order chi connectivity index (χ1) is 10.1. The number of aliphatic hydroxyl groups excluding tert-OH is 1. The van der Waals surface area contributed by atoms with Crippen LogP contribution in [0, 0.1) is 6.92 Å². The summed E-state index contributed by atoms with van der Waals surface area (Å²) >= 11 is 0. The second-order valence-corrected chi connectivity index (χ2v) is 5.21. The summed E-state index contributed by atoms with van der Waals surface area (Å²) in [6, 6.07) is 7.97. The number of rotatable bonds is 7. The lowest BCUT2D eigenvalue weighted by Crippen LogP contribution is -2.28. The third kappa shape index (κ3) is 4.37. The molecule has 1 aromatic carbocycles. The van der Waals surface area contributed by atoms with Gasteiger partial charge in [-0.15, -0.1) is 0 Å². The first-order valence-corrected chi connectivity index (χ1v) is 7.40. The third-order valence-corrected chi connectivity index (χ3v) is 3.52. The molecule has 0 aliphatic carbocycles.